The van der Waals surface area contributed by atoms with Gasteiger partial charge in [0, 0.05) is 17.3 Å². The van der Waals surface area contributed by atoms with Crippen LogP contribution >= 0.6 is 0 Å². The van der Waals surface area contributed by atoms with Crippen molar-refractivity contribution in [2.75, 3.05) is 19.8 Å². The summed E-state index contributed by atoms with van der Waals surface area (Å²) in [4.78, 5) is 4.87. The summed E-state index contributed by atoms with van der Waals surface area (Å²) < 4.78 is 52.7. The van der Waals surface area contributed by atoms with Gasteiger partial charge in [0.05, 0.1) is 24.5 Å². The fourth-order valence-electron chi connectivity index (χ4n) is 4.12. The van der Waals surface area contributed by atoms with Gasteiger partial charge in [-0.3, -0.25) is 4.99 Å². The van der Waals surface area contributed by atoms with Crippen molar-refractivity contribution in [1.82, 2.24) is 5.32 Å². The third-order valence-corrected chi connectivity index (χ3v) is 6.24. The first-order chi connectivity index (χ1) is 16.8. The Labute approximate surface area is 206 Å². The van der Waals surface area contributed by atoms with Crippen LogP contribution in [0, 0.1) is 5.92 Å². The quantitative estimate of drug-likeness (QED) is 0.276. The van der Waals surface area contributed by atoms with E-state index in [4.69, 9.17) is 14.5 Å². The molecule has 0 aliphatic carbocycles. The molecule has 190 valence electrons. The lowest BCUT2D eigenvalue weighted by molar-refractivity contribution is -0.139. The monoisotopic (exact) mass is 488 g/mol. The largest absolute Gasteiger partial charge is 0.491 e. The zero-order valence-electron chi connectivity index (χ0n) is 20.7. The first kappa shape index (κ1) is 27.0. The highest BCUT2D eigenvalue weighted by Crippen LogP contribution is 2.38. The van der Waals surface area contributed by atoms with E-state index >= 15 is 0 Å². The molecule has 1 fully saturated rings. The maximum atomic E-state index is 13.9. The summed E-state index contributed by atoms with van der Waals surface area (Å²) in [6.45, 7) is 7.54. The maximum Gasteiger partial charge on any atom is 0.419 e. The normalized spacial score (nSPS) is 18.1. The minimum Gasteiger partial charge on any atom is -0.491 e. The number of halogens is 3. The van der Waals surface area contributed by atoms with Crippen LogP contribution in [0.2, 0.25) is 0 Å². The van der Waals surface area contributed by atoms with Crippen molar-refractivity contribution in [2.45, 2.75) is 58.9 Å². The molecule has 0 spiro atoms. The average molecular weight is 489 g/mol. The van der Waals surface area contributed by atoms with Gasteiger partial charge in [0.1, 0.15) is 12.4 Å². The van der Waals surface area contributed by atoms with Crippen molar-refractivity contribution in [3.05, 3.63) is 71.3 Å². The standard InChI is InChI=1S/C28H35F3N2O2/c1-4-20(3)27(25-12-9-15-32-25)33-24(5-2)22-13-14-26(23(18-22)28(29,30)31)35-17-16-34-19-21-10-7-6-8-11-21/h5-8,10-11,13-14,18,20,25,32H,4,9,12,15-17,19H2,1-3H3/b24-5-,33-27?. The molecule has 7 heteroatoms. The summed E-state index contributed by atoms with van der Waals surface area (Å²) in [5.41, 5.74) is 2.15. The topological polar surface area (TPSA) is 42.9 Å². The summed E-state index contributed by atoms with van der Waals surface area (Å²) >= 11 is 0. The summed E-state index contributed by atoms with van der Waals surface area (Å²) in [5.74, 6) is 0.0322. The molecule has 35 heavy (non-hydrogen) atoms. The number of alkyl halides is 3. The molecular weight excluding hydrogens is 453 g/mol. The van der Waals surface area contributed by atoms with Crippen LogP contribution in [-0.2, 0) is 17.5 Å². The van der Waals surface area contributed by atoms with E-state index in [1.165, 1.54) is 6.07 Å². The second-order valence-electron chi connectivity index (χ2n) is 8.76. The highest BCUT2D eigenvalue weighted by molar-refractivity contribution is 5.95. The molecule has 0 saturated carbocycles. The highest BCUT2D eigenvalue weighted by Gasteiger charge is 2.35. The molecule has 1 aliphatic rings. The van der Waals surface area contributed by atoms with Gasteiger partial charge in [0.25, 0.3) is 0 Å². The Kier molecular flexibility index (Phi) is 9.93. The van der Waals surface area contributed by atoms with E-state index in [0.29, 0.717) is 17.9 Å². The van der Waals surface area contributed by atoms with Gasteiger partial charge in [-0.2, -0.15) is 13.2 Å². The summed E-state index contributed by atoms with van der Waals surface area (Å²) in [5, 5.41) is 3.47. The number of rotatable bonds is 11. The van der Waals surface area contributed by atoms with E-state index in [2.05, 4.69) is 19.2 Å². The van der Waals surface area contributed by atoms with E-state index in [-0.39, 0.29) is 30.9 Å². The van der Waals surface area contributed by atoms with Gasteiger partial charge in [0.15, 0.2) is 0 Å². The number of benzene rings is 2. The second kappa shape index (κ2) is 12.9. The lowest BCUT2D eigenvalue weighted by Gasteiger charge is -2.21. The Hall–Kier alpha value is -2.64. The predicted molar refractivity (Wildman–Crippen MR) is 135 cm³/mol. The Morgan fingerprint density at radius 3 is 2.57 bits per heavy atom. The number of hydrogen-bond acceptors (Lipinski definition) is 4. The van der Waals surface area contributed by atoms with E-state index in [1.54, 1.807) is 19.1 Å². The van der Waals surface area contributed by atoms with Crippen LogP contribution in [0.3, 0.4) is 0 Å². The van der Waals surface area contributed by atoms with Crippen molar-refractivity contribution in [3.63, 3.8) is 0 Å². The smallest absolute Gasteiger partial charge is 0.419 e. The Morgan fingerprint density at radius 1 is 1.17 bits per heavy atom. The van der Waals surface area contributed by atoms with Gasteiger partial charge in [-0.25, -0.2) is 0 Å². The summed E-state index contributed by atoms with van der Waals surface area (Å²) in [6, 6.07) is 13.9. The van der Waals surface area contributed by atoms with Crippen molar-refractivity contribution in [2.24, 2.45) is 10.9 Å². The van der Waals surface area contributed by atoms with Crippen LogP contribution < -0.4 is 10.1 Å². The Balaban J connectivity index is 1.75. The summed E-state index contributed by atoms with van der Waals surface area (Å²) in [7, 11) is 0. The molecule has 1 heterocycles. The first-order valence-electron chi connectivity index (χ1n) is 12.3. The van der Waals surface area contributed by atoms with Crippen molar-refractivity contribution in [3.8, 4) is 5.75 Å². The van der Waals surface area contributed by atoms with Gasteiger partial charge in [-0.1, -0.05) is 50.3 Å². The minimum absolute atomic E-state index is 0.0232. The zero-order valence-corrected chi connectivity index (χ0v) is 20.7. The van der Waals surface area contributed by atoms with Gasteiger partial charge >= 0.3 is 6.18 Å². The Bertz CT molecular complexity index is 997. The fraction of sp³-hybridized carbons (Fsp3) is 0.464. The molecule has 3 rings (SSSR count). The molecule has 1 aliphatic heterocycles. The van der Waals surface area contributed by atoms with Crippen LogP contribution in [0.5, 0.6) is 5.75 Å². The molecule has 0 radical (unpaired) electrons. The third-order valence-electron chi connectivity index (χ3n) is 6.24. The second-order valence-corrected chi connectivity index (χ2v) is 8.76. The number of ether oxygens (including phenoxy) is 2. The number of hydrogen-bond donors (Lipinski definition) is 1. The van der Waals surface area contributed by atoms with Crippen LogP contribution in [0.25, 0.3) is 5.70 Å². The molecule has 1 saturated heterocycles. The van der Waals surface area contributed by atoms with Crippen LogP contribution in [0.15, 0.2) is 59.6 Å². The van der Waals surface area contributed by atoms with Crippen LogP contribution in [-0.4, -0.2) is 31.5 Å². The molecule has 2 unspecified atom stereocenters. The van der Waals surface area contributed by atoms with Crippen molar-refractivity contribution < 1.29 is 22.6 Å². The SMILES string of the molecule is C/C=C(\N=C(C(C)CC)C1CCCN1)c1ccc(OCCOCc2ccccc2)c(C(F)(F)F)c1. The van der Waals surface area contributed by atoms with E-state index in [0.717, 1.165) is 43.1 Å². The highest BCUT2D eigenvalue weighted by atomic mass is 19.4. The summed E-state index contributed by atoms with van der Waals surface area (Å²) in [6.07, 6.45) is 0.203. The van der Waals surface area contributed by atoms with E-state index < -0.39 is 11.7 Å². The average Bonchev–Trinajstić information content (AvgIpc) is 3.39. The molecule has 2 atom stereocenters. The van der Waals surface area contributed by atoms with Gasteiger partial charge in [-0.05, 0) is 62.4 Å². The van der Waals surface area contributed by atoms with Gasteiger partial charge in [0.2, 0.25) is 0 Å². The number of nitrogens with zero attached hydrogens (tertiary/aromatic N) is 1. The molecule has 2 aromatic carbocycles. The lowest BCUT2D eigenvalue weighted by atomic mass is 9.95. The van der Waals surface area contributed by atoms with Gasteiger partial charge in [-0.15, -0.1) is 0 Å². The molecule has 0 amide bonds. The Morgan fingerprint density at radius 2 is 1.94 bits per heavy atom. The molecular formula is C28H35F3N2O2. The van der Waals surface area contributed by atoms with E-state index in [1.807, 2.05) is 30.3 Å². The minimum atomic E-state index is -4.55. The molecule has 1 N–H and O–H groups in total. The molecule has 0 bridgehead atoms. The molecule has 0 aromatic heterocycles. The van der Waals surface area contributed by atoms with Crippen molar-refractivity contribution >= 4 is 11.4 Å². The number of aliphatic imine (C=N–C) groups is 1. The third kappa shape index (κ3) is 7.67. The van der Waals surface area contributed by atoms with E-state index in [9.17, 15) is 13.2 Å². The predicted octanol–water partition coefficient (Wildman–Crippen LogP) is 6.90. The van der Waals surface area contributed by atoms with Crippen LogP contribution in [0.4, 0.5) is 13.2 Å². The fourth-order valence-corrected chi connectivity index (χ4v) is 4.12. The van der Waals surface area contributed by atoms with Gasteiger partial charge < -0.3 is 14.8 Å². The molecule has 2 aromatic rings. The number of allylic oxidation sites excluding steroid dienone is 1. The number of nitrogens with one attached hydrogen (secondary N) is 1. The lowest BCUT2D eigenvalue weighted by Crippen LogP contribution is -2.34. The molecule has 4 nitrogen and oxygen atoms in total. The van der Waals surface area contributed by atoms with Crippen LogP contribution in [0.1, 0.15) is 56.7 Å². The maximum absolute atomic E-state index is 13.9. The first-order valence-corrected chi connectivity index (χ1v) is 12.3. The zero-order chi connectivity index (χ0) is 25.3. The van der Waals surface area contributed by atoms with Crippen molar-refractivity contribution in [1.29, 1.82) is 0 Å².